The summed E-state index contributed by atoms with van der Waals surface area (Å²) in [6.45, 7) is 9.88. The zero-order valence-electron chi connectivity index (χ0n) is 14.8. The highest BCUT2D eigenvalue weighted by Gasteiger charge is 2.29. The van der Waals surface area contributed by atoms with Gasteiger partial charge in [-0.15, -0.1) is 12.4 Å². The van der Waals surface area contributed by atoms with Crippen molar-refractivity contribution in [1.82, 2.24) is 14.7 Å². The molecule has 0 aromatic rings. The lowest BCUT2D eigenvalue weighted by Crippen LogP contribution is -2.56. The summed E-state index contributed by atoms with van der Waals surface area (Å²) < 4.78 is 5.30. The first-order chi connectivity index (χ1) is 11.0. The maximum Gasteiger partial charge on any atom is 0.239 e. The molecule has 2 fully saturated rings. The molecule has 7 nitrogen and oxygen atoms in total. The molecule has 0 radical (unpaired) electrons. The molecule has 0 aliphatic carbocycles. The molecule has 140 valence electrons. The fraction of sp³-hybridized carbons (Fsp3) is 0.875. The lowest BCUT2D eigenvalue weighted by atomic mass is 9.98. The summed E-state index contributed by atoms with van der Waals surface area (Å²) in [5.41, 5.74) is 6.03. The van der Waals surface area contributed by atoms with Crippen molar-refractivity contribution in [2.75, 3.05) is 59.0 Å². The summed E-state index contributed by atoms with van der Waals surface area (Å²) in [5, 5.41) is 0. The molecule has 2 aliphatic heterocycles. The maximum absolute atomic E-state index is 12.4. The highest BCUT2D eigenvalue weighted by Crippen LogP contribution is 2.11. The summed E-state index contributed by atoms with van der Waals surface area (Å²) in [4.78, 5) is 30.5. The van der Waals surface area contributed by atoms with Gasteiger partial charge in [-0.25, -0.2) is 0 Å². The van der Waals surface area contributed by atoms with E-state index in [2.05, 4.69) is 4.90 Å². The average molecular weight is 363 g/mol. The second-order valence-corrected chi connectivity index (χ2v) is 6.51. The Morgan fingerprint density at radius 1 is 1.04 bits per heavy atom. The monoisotopic (exact) mass is 362 g/mol. The maximum atomic E-state index is 12.4. The number of hydrogen-bond acceptors (Lipinski definition) is 5. The van der Waals surface area contributed by atoms with Crippen LogP contribution in [0.3, 0.4) is 0 Å². The van der Waals surface area contributed by atoms with Crippen molar-refractivity contribution in [3.8, 4) is 0 Å². The molecular formula is C16H31ClN4O3. The lowest BCUT2D eigenvalue weighted by molar-refractivity contribution is -0.142. The molecule has 2 saturated heterocycles. The summed E-state index contributed by atoms with van der Waals surface area (Å²) in [7, 11) is 0. The van der Waals surface area contributed by atoms with E-state index in [4.69, 9.17) is 10.5 Å². The highest BCUT2D eigenvalue weighted by atomic mass is 35.5. The van der Waals surface area contributed by atoms with Gasteiger partial charge < -0.3 is 20.3 Å². The van der Waals surface area contributed by atoms with E-state index in [1.54, 1.807) is 4.90 Å². The van der Waals surface area contributed by atoms with Gasteiger partial charge in [-0.1, -0.05) is 20.3 Å². The SMILES string of the molecule is CCC(C)C(N)C(=O)N1CCN(C(=O)CN2CCOCC2)CC1.Cl. The van der Waals surface area contributed by atoms with Gasteiger partial charge in [-0.05, 0) is 5.92 Å². The molecule has 0 aromatic heterocycles. The predicted octanol–water partition coefficient (Wildman–Crippen LogP) is -0.215. The molecular weight excluding hydrogens is 332 g/mol. The van der Waals surface area contributed by atoms with E-state index in [0.717, 1.165) is 19.5 Å². The number of hydrogen-bond donors (Lipinski definition) is 1. The second-order valence-electron chi connectivity index (χ2n) is 6.51. The molecule has 0 saturated carbocycles. The van der Waals surface area contributed by atoms with Gasteiger partial charge in [-0.3, -0.25) is 14.5 Å². The topological polar surface area (TPSA) is 79.1 Å². The molecule has 24 heavy (non-hydrogen) atoms. The Labute approximate surface area is 150 Å². The van der Waals surface area contributed by atoms with Gasteiger partial charge in [0.2, 0.25) is 11.8 Å². The molecule has 0 spiro atoms. The zero-order valence-corrected chi connectivity index (χ0v) is 15.6. The molecule has 2 heterocycles. The Morgan fingerprint density at radius 3 is 2.12 bits per heavy atom. The minimum absolute atomic E-state index is 0. The van der Waals surface area contributed by atoms with Crippen LogP contribution in [0.2, 0.25) is 0 Å². The van der Waals surface area contributed by atoms with Crippen LogP contribution in [0.5, 0.6) is 0 Å². The normalized spacial score (nSPS) is 21.8. The molecule has 8 heteroatoms. The van der Waals surface area contributed by atoms with E-state index in [1.165, 1.54) is 0 Å². The van der Waals surface area contributed by atoms with Crippen LogP contribution >= 0.6 is 12.4 Å². The molecule has 2 amide bonds. The smallest absolute Gasteiger partial charge is 0.239 e. The third-order valence-electron chi connectivity index (χ3n) is 4.95. The largest absolute Gasteiger partial charge is 0.379 e. The van der Waals surface area contributed by atoms with E-state index in [0.29, 0.717) is 45.9 Å². The minimum Gasteiger partial charge on any atom is -0.379 e. The van der Waals surface area contributed by atoms with Crippen molar-refractivity contribution in [3.05, 3.63) is 0 Å². The first kappa shape index (κ1) is 21.2. The number of nitrogens with zero attached hydrogens (tertiary/aromatic N) is 3. The molecule has 0 aromatic carbocycles. The van der Waals surface area contributed by atoms with E-state index in [-0.39, 0.29) is 30.1 Å². The van der Waals surface area contributed by atoms with Gasteiger partial charge in [0.15, 0.2) is 0 Å². The van der Waals surface area contributed by atoms with E-state index >= 15 is 0 Å². The number of rotatable bonds is 5. The van der Waals surface area contributed by atoms with Crippen molar-refractivity contribution in [1.29, 1.82) is 0 Å². The first-order valence-corrected chi connectivity index (χ1v) is 8.65. The molecule has 2 N–H and O–H groups in total. The van der Waals surface area contributed by atoms with Crippen LogP contribution in [0.25, 0.3) is 0 Å². The summed E-state index contributed by atoms with van der Waals surface area (Å²) in [5.74, 6) is 0.341. The Balaban J connectivity index is 0.00000288. The standard InChI is InChI=1S/C16H30N4O3.ClH/c1-3-13(2)15(17)16(22)20-6-4-19(5-7-20)14(21)12-18-8-10-23-11-9-18;/h13,15H,3-12,17H2,1-2H3;1H. The van der Waals surface area contributed by atoms with Crippen molar-refractivity contribution < 1.29 is 14.3 Å². The fourth-order valence-corrected chi connectivity index (χ4v) is 2.93. The molecule has 2 unspecified atom stereocenters. The van der Waals surface area contributed by atoms with E-state index in [9.17, 15) is 9.59 Å². The van der Waals surface area contributed by atoms with Gasteiger partial charge in [0.1, 0.15) is 0 Å². The molecule has 0 bridgehead atoms. The van der Waals surface area contributed by atoms with Crippen LogP contribution in [0, 0.1) is 5.92 Å². The van der Waals surface area contributed by atoms with Gasteiger partial charge in [0.25, 0.3) is 0 Å². The van der Waals surface area contributed by atoms with E-state index in [1.807, 2.05) is 18.7 Å². The van der Waals surface area contributed by atoms with E-state index < -0.39 is 6.04 Å². The first-order valence-electron chi connectivity index (χ1n) is 8.65. The van der Waals surface area contributed by atoms with Gasteiger partial charge in [-0.2, -0.15) is 0 Å². The Kier molecular flexibility index (Phi) is 8.97. The number of ether oxygens (including phenoxy) is 1. The third kappa shape index (κ3) is 5.58. The Hall–Kier alpha value is -0.890. The van der Waals surface area contributed by atoms with Crippen LogP contribution in [0.1, 0.15) is 20.3 Å². The van der Waals surface area contributed by atoms with Gasteiger partial charge in [0, 0.05) is 39.3 Å². The number of nitrogens with two attached hydrogens (primary N) is 1. The fourth-order valence-electron chi connectivity index (χ4n) is 2.93. The quantitative estimate of drug-likeness (QED) is 0.731. The lowest BCUT2D eigenvalue weighted by Gasteiger charge is -2.37. The van der Waals surface area contributed by atoms with Crippen molar-refractivity contribution in [3.63, 3.8) is 0 Å². The van der Waals surface area contributed by atoms with Crippen LogP contribution in [0.4, 0.5) is 0 Å². The van der Waals surface area contributed by atoms with Crippen molar-refractivity contribution in [2.24, 2.45) is 11.7 Å². The predicted molar refractivity (Wildman–Crippen MR) is 95.1 cm³/mol. The minimum atomic E-state index is -0.435. The summed E-state index contributed by atoms with van der Waals surface area (Å²) in [6.07, 6.45) is 0.894. The number of carbonyl (C=O) groups is 2. The zero-order chi connectivity index (χ0) is 16.8. The van der Waals surface area contributed by atoms with Crippen LogP contribution in [-0.2, 0) is 14.3 Å². The van der Waals surface area contributed by atoms with Crippen molar-refractivity contribution >= 4 is 24.2 Å². The number of amides is 2. The summed E-state index contributed by atoms with van der Waals surface area (Å²) >= 11 is 0. The Bertz CT molecular complexity index is 410. The van der Waals surface area contributed by atoms with Crippen LogP contribution < -0.4 is 5.73 Å². The van der Waals surface area contributed by atoms with Gasteiger partial charge >= 0.3 is 0 Å². The summed E-state index contributed by atoms with van der Waals surface area (Å²) in [6, 6.07) is -0.435. The van der Waals surface area contributed by atoms with Crippen LogP contribution in [-0.4, -0.2) is 91.6 Å². The number of halogens is 1. The molecule has 2 aliphatic rings. The molecule has 2 rings (SSSR count). The second kappa shape index (κ2) is 10.2. The number of carbonyl (C=O) groups excluding carboxylic acids is 2. The number of piperazine rings is 1. The van der Waals surface area contributed by atoms with Crippen molar-refractivity contribution in [2.45, 2.75) is 26.3 Å². The Morgan fingerprint density at radius 2 is 1.58 bits per heavy atom. The third-order valence-corrected chi connectivity index (χ3v) is 4.95. The van der Waals surface area contributed by atoms with Crippen LogP contribution in [0.15, 0.2) is 0 Å². The average Bonchev–Trinajstić information content (AvgIpc) is 2.60. The highest BCUT2D eigenvalue weighted by molar-refractivity contribution is 5.85. The number of morpholine rings is 1. The molecule has 2 atom stereocenters. The van der Waals surface area contributed by atoms with Gasteiger partial charge in [0.05, 0.1) is 25.8 Å².